The van der Waals surface area contributed by atoms with Gasteiger partial charge in [-0.25, -0.2) is 0 Å². The van der Waals surface area contributed by atoms with Crippen molar-refractivity contribution in [2.45, 2.75) is 65.7 Å². The molecule has 0 unspecified atom stereocenters. The summed E-state index contributed by atoms with van der Waals surface area (Å²) in [7, 11) is 0. The zero-order valence-corrected chi connectivity index (χ0v) is 39.2. The van der Waals surface area contributed by atoms with E-state index in [9.17, 15) is 0 Å². The summed E-state index contributed by atoms with van der Waals surface area (Å²) < 4.78 is 9.10. The quantitative estimate of drug-likeness (QED) is 0.149. The van der Waals surface area contributed by atoms with Gasteiger partial charge in [0.15, 0.2) is 0 Å². The smallest absolute Gasteiger partial charge is 0.121 e. The van der Waals surface area contributed by atoms with E-state index in [1.54, 1.807) is 0 Å². The van der Waals surface area contributed by atoms with Crippen LogP contribution in [0, 0.1) is 12.1 Å². The number of hydrogen-bond acceptors (Lipinski definition) is 4. The zero-order chi connectivity index (χ0) is 43.0. The van der Waals surface area contributed by atoms with E-state index >= 15 is 0 Å². The number of furan rings is 1. The van der Waals surface area contributed by atoms with Crippen LogP contribution in [-0.2, 0) is 25.5 Å². The summed E-state index contributed by atoms with van der Waals surface area (Å²) in [5.41, 5.74) is 15.3. The summed E-state index contributed by atoms with van der Waals surface area (Å²) in [6.45, 7) is 15.6. The van der Waals surface area contributed by atoms with E-state index in [1.165, 1.54) is 33.5 Å². The Balaban J connectivity index is 0.000000271. The van der Waals surface area contributed by atoms with Gasteiger partial charge in [-0.3, -0.25) is 15.0 Å². The van der Waals surface area contributed by atoms with E-state index in [0.29, 0.717) is 0 Å². The van der Waals surface area contributed by atoms with Crippen LogP contribution in [0.1, 0.15) is 77.0 Å². The van der Waals surface area contributed by atoms with Gasteiger partial charge < -0.3 is 8.98 Å². The van der Waals surface area contributed by atoms with Crippen molar-refractivity contribution in [1.82, 2.24) is 19.5 Å². The molecule has 1 radical (unpaired) electrons. The van der Waals surface area contributed by atoms with Crippen molar-refractivity contribution in [3.63, 3.8) is 0 Å². The van der Waals surface area contributed by atoms with Crippen LogP contribution < -0.4 is 0 Å². The molecule has 0 aliphatic heterocycles. The van der Waals surface area contributed by atoms with Crippen molar-refractivity contribution in [3.8, 4) is 50.7 Å². The fraction of sp³-hybridized carbons (Fsp3) is 0.175. The molecule has 0 amide bonds. The predicted molar refractivity (Wildman–Crippen MR) is 257 cm³/mol. The first-order chi connectivity index (χ1) is 30.0. The Morgan fingerprint density at radius 2 is 1.21 bits per heavy atom. The summed E-state index contributed by atoms with van der Waals surface area (Å²) >= 11 is 0. The number of hydrogen-bond donors (Lipinski definition) is 0. The summed E-state index contributed by atoms with van der Waals surface area (Å²) in [6.07, 6.45) is 3.78. The molecule has 0 aliphatic carbocycles. The Morgan fingerprint density at radius 3 is 1.83 bits per heavy atom. The van der Waals surface area contributed by atoms with Gasteiger partial charge in [0.2, 0.25) is 0 Å². The van der Waals surface area contributed by atoms with Crippen LogP contribution in [0.3, 0.4) is 0 Å². The second-order valence-electron chi connectivity index (χ2n) is 17.5. The molecule has 0 bridgehead atoms. The third kappa shape index (κ3) is 8.67. The van der Waals surface area contributed by atoms with Crippen molar-refractivity contribution in [2.24, 2.45) is 0 Å². The molecule has 10 aromatic rings. The fourth-order valence-corrected chi connectivity index (χ4v) is 8.14. The number of nitrogens with zero attached hydrogens (tertiary/aromatic N) is 4. The fourth-order valence-electron chi connectivity index (χ4n) is 8.14. The van der Waals surface area contributed by atoms with E-state index in [1.807, 2.05) is 48.8 Å². The molecule has 3 aromatic heterocycles. The molecule has 10 rings (SSSR count). The maximum Gasteiger partial charge on any atom is 0.121 e. The molecular weight excluding hydrogens is 949 g/mol. The minimum absolute atomic E-state index is 0. The molecule has 0 N–H and O–H groups in total. The average molecular weight is 999 g/mol. The topological polar surface area (TPSA) is 56.7 Å². The van der Waals surface area contributed by atoms with Crippen LogP contribution in [0.25, 0.3) is 83.7 Å². The number of imidazole rings is 1. The van der Waals surface area contributed by atoms with Gasteiger partial charge in [0.25, 0.3) is 0 Å². The first-order valence-corrected chi connectivity index (χ1v) is 21.5. The summed E-state index contributed by atoms with van der Waals surface area (Å²) in [4.78, 5) is 14.0. The number of fused-ring (bicyclic) bond motifs is 4. The molecule has 0 saturated carbocycles. The summed E-state index contributed by atoms with van der Waals surface area (Å²) in [5, 5.41) is 2.15. The van der Waals surface area contributed by atoms with Gasteiger partial charge in [-0.05, 0) is 86.5 Å². The molecule has 63 heavy (non-hydrogen) atoms. The van der Waals surface area contributed by atoms with Crippen molar-refractivity contribution >= 4 is 33.0 Å². The Labute approximate surface area is 384 Å². The van der Waals surface area contributed by atoms with E-state index in [0.717, 1.165) is 66.9 Å². The Morgan fingerprint density at radius 1 is 0.587 bits per heavy atom. The van der Waals surface area contributed by atoms with Gasteiger partial charge in [-0.2, -0.15) is 0 Å². The summed E-state index contributed by atoms with van der Waals surface area (Å²) in [5.74, 6) is 2.14. The van der Waals surface area contributed by atoms with Crippen LogP contribution in [0.4, 0.5) is 0 Å². The normalized spacial score (nSPS) is 11.6. The molecule has 0 fully saturated rings. The molecule has 6 heteroatoms. The second kappa shape index (κ2) is 18.1. The van der Waals surface area contributed by atoms with Gasteiger partial charge in [0.1, 0.15) is 5.58 Å². The molecule has 0 aliphatic rings. The van der Waals surface area contributed by atoms with Gasteiger partial charge >= 0.3 is 0 Å². The standard InChI is InChI=1S/C43H35N2O.C14H15N2.Ir/c1-27(2)36-24-32(30-16-9-6-10-17-30)25-37(28(3)4)41(36)45-39-21-12-11-20-38(39)44-43(45)35-19-13-18-34-33-23-22-31(26-40(33)46-42(34)35)29-14-7-5-8-15-29;1-14(2,3)12-9-15-13(16-10-12)11-7-5-4-6-8-11;/h5-18,20-28H,1-4H3;4-7,9-10H,1-3H3;/q2*-1;. The predicted octanol–water partition coefficient (Wildman–Crippen LogP) is 15.2. The zero-order valence-electron chi connectivity index (χ0n) is 36.8. The summed E-state index contributed by atoms with van der Waals surface area (Å²) in [6, 6.07) is 59.3. The first kappa shape index (κ1) is 43.2. The monoisotopic (exact) mass is 999 g/mol. The molecule has 0 saturated heterocycles. The third-order valence-corrected chi connectivity index (χ3v) is 11.5. The molecule has 5 nitrogen and oxygen atoms in total. The van der Waals surface area contributed by atoms with Gasteiger partial charge in [-0.1, -0.05) is 144 Å². The van der Waals surface area contributed by atoms with Crippen LogP contribution >= 0.6 is 0 Å². The van der Waals surface area contributed by atoms with Crippen molar-refractivity contribution < 1.29 is 24.5 Å². The maximum atomic E-state index is 6.73. The Hall–Kier alpha value is -6.46. The Bertz CT molecular complexity index is 3110. The van der Waals surface area contributed by atoms with Crippen molar-refractivity contribution in [1.29, 1.82) is 0 Å². The molecule has 3 heterocycles. The average Bonchev–Trinajstić information content (AvgIpc) is 3.88. The molecule has 7 aromatic carbocycles. The van der Waals surface area contributed by atoms with Crippen LogP contribution in [-0.4, -0.2) is 19.5 Å². The minimum Gasteiger partial charge on any atom is -0.501 e. The van der Waals surface area contributed by atoms with Gasteiger partial charge in [0.05, 0.1) is 28.3 Å². The maximum absolute atomic E-state index is 6.73. The van der Waals surface area contributed by atoms with E-state index in [2.05, 4.69) is 190 Å². The third-order valence-electron chi connectivity index (χ3n) is 11.5. The van der Waals surface area contributed by atoms with Crippen LogP contribution in [0.2, 0.25) is 0 Å². The minimum atomic E-state index is 0. The number of aromatic nitrogens is 4. The molecule has 0 atom stereocenters. The number of para-hydroxylation sites is 2. The van der Waals surface area contributed by atoms with Crippen molar-refractivity contribution in [3.05, 3.63) is 193 Å². The van der Waals surface area contributed by atoms with E-state index in [4.69, 9.17) is 9.40 Å². The largest absolute Gasteiger partial charge is 0.501 e. The van der Waals surface area contributed by atoms with E-state index in [-0.39, 0.29) is 37.4 Å². The van der Waals surface area contributed by atoms with E-state index < -0.39 is 0 Å². The van der Waals surface area contributed by atoms with Crippen LogP contribution in [0.15, 0.2) is 168 Å². The number of rotatable bonds is 7. The van der Waals surface area contributed by atoms with Gasteiger partial charge in [0, 0.05) is 43.6 Å². The number of benzene rings is 7. The second-order valence-corrected chi connectivity index (χ2v) is 17.5. The first-order valence-electron chi connectivity index (χ1n) is 21.5. The van der Waals surface area contributed by atoms with Gasteiger partial charge in [-0.15, -0.1) is 54.1 Å². The molecule has 0 spiro atoms. The Kier molecular flexibility index (Phi) is 12.4. The molecular formula is C57H50IrN4O-2. The molecule has 315 valence electrons. The van der Waals surface area contributed by atoms with Crippen molar-refractivity contribution in [2.75, 3.05) is 0 Å². The van der Waals surface area contributed by atoms with Crippen LogP contribution in [0.5, 0.6) is 0 Å². The SMILES string of the molecule is CC(C)(C)c1cnc(-c2[c-]cccc2)nc1.CC(C)c1cc(-c2ccccc2)cc(C(C)C)c1-n1c(-c2[c-]ccc3c2oc2cc(-c4ccccc4)ccc23)nc2ccccc21.[Ir].